The zero-order chi connectivity index (χ0) is 37.3. The number of anilines is 1. The molecule has 1 fully saturated rings. The van der Waals surface area contributed by atoms with E-state index in [1.165, 1.54) is 42.7 Å². The lowest BCUT2D eigenvalue weighted by Gasteiger charge is -2.39. The van der Waals surface area contributed by atoms with E-state index in [1.807, 2.05) is 24.3 Å². The molecule has 0 aliphatic carbocycles. The van der Waals surface area contributed by atoms with Crippen LogP contribution in [0.5, 0.6) is 5.75 Å². The van der Waals surface area contributed by atoms with Crippen molar-refractivity contribution in [3.63, 3.8) is 0 Å². The number of benzene rings is 4. The molecule has 53 heavy (non-hydrogen) atoms. The Kier molecular flexibility index (Phi) is 9.90. The molecule has 2 aromatic heterocycles. The minimum absolute atomic E-state index is 0.0223. The molecule has 11 nitrogen and oxygen atoms in total. The molecule has 272 valence electrons. The van der Waals surface area contributed by atoms with Gasteiger partial charge in [0.1, 0.15) is 11.8 Å². The number of carbonyl (C=O) groups excluding carboxylic acids is 1. The van der Waals surface area contributed by atoms with E-state index in [9.17, 15) is 21.6 Å². The van der Waals surface area contributed by atoms with Crippen LogP contribution in [0.4, 0.5) is 5.69 Å². The molecule has 1 aliphatic heterocycles. The zero-order valence-corrected chi connectivity index (χ0v) is 31.2. The molecule has 1 amide bonds. The van der Waals surface area contributed by atoms with Crippen LogP contribution in [0.3, 0.4) is 0 Å². The van der Waals surface area contributed by atoms with Crippen LogP contribution in [0, 0.1) is 13.8 Å². The lowest BCUT2D eigenvalue weighted by Crippen LogP contribution is -2.56. The quantitative estimate of drug-likeness (QED) is 0.161. The maximum absolute atomic E-state index is 14.4. The number of nitrogens with zero attached hydrogens (tertiary/aromatic N) is 5. The largest absolute Gasteiger partial charge is 0.378 e. The van der Waals surface area contributed by atoms with Crippen molar-refractivity contribution in [3.05, 3.63) is 132 Å². The Balaban J connectivity index is 1.16. The van der Waals surface area contributed by atoms with Crippen molar-refractivity contribution >= 4 is 53.3 Å². The molecular formula is C40H39N5O6S2. The molecule has 1 saturated heterocycles. The van der Waals surface area contributed by atoms with Crippen molar-refractivity contribution in [2.75, 3.05) is 38.1 Å². The minimum atomic E-state index is -4.29. The highest BCUT2D eigenvalue weighted by molar-refractivity contribution is 7.89. The van der Waals surface area contributed by atoms with Gasteiger partial charge in [0.05, 0.1) is 0 Å². The van der Waals surface area contributed by atoms with Gasteiger partial charge in [-0.15, -0.1) is 0 Å². The topological polar surface area (TPSA) is 130 Å². The van der Waals surface area contributed by atoms with Gasteiger partial charge in [0.15, 0.2) is 5.03 Å². The van der Waals surface area contributed by atoms with Crippen LogP contribution < -0.4 is 9.08 Å². The maximum atomic E-state index is 14.4. The van der Waals surface area contributed by atoms with Crippen molar-refractivity contribution in [2.24, 2.45) is 0 Å². The molecule has 6 aromatic rings. The average Bonchev–Trinajstić information content (AvgIpc) is 3.17. The van der Waals surface area contributed by atoms with Crippen LogP contribution in [0.15, 0.2) is 126 Å². The van der Waals surface area contributed by atoms with Crippen LogP contribution in [0.1, 0.15) is 16.7 Å². The number of fused-ring (bicyclic) bond motifs is 2. The summed E-state index contributed by atoms with van der Waals surface area (Å²) in [5.41, 5.74) is 4.11. The lowest BCUT2D eigenvalue weighted by atomic mass is 10.0. The highest BCUT2D eigenvalue weighted by Gasteiger charge is 2.38. The fourth-order valence-corrected chi connectivity index (χ4v) is 9.31. The summed E-state index contributed by atoms with van der Waals surface area (Å²) < 4.78 is 61.8. The Hall–Kier alpha value is -5.37. The summed E-state index contributed by atoms with van der Waals surface area (Å²) in [7, 11) is -7.13. The molecule has 1 atom stereocenters. The van der Waals surface area contributed by atoms with Crippen LogP contribution in [0.25, 0.3) is 21.5 Å². The van der Waals surface area contributed by atoms with Gasteiger partial charge < -0.3 is 14.0 Å². The summed E-state index contributed by atoms with van der Waals surface area (Å²) >= 11 is 0. The van der Waals surface area contributed by atoms with Gasteiger partial charge >= 0.3 is 10.1 Å². The van der Waals surface area contributed by atoms with Crippen molar-refractivity contribution < 1.29 is 25.8 Å². The molecule has 0 N–H and O–H groups in total. The van der Waals surface area contributed by atoms with Crippen molar-refractivity contribution in [3.8, 4) is 5.75 Å². The standard InChI is InChI=1S/C40H39N5O6S2/c1-28-9-8-14-36(29(28)2)44-23-25-45(26-24-44)40(46)37(43(3)52(47,48)38-34-12-6-4-10-31(34)19-21-41-38)27-30-15-17-33(18-16-30)51-53(49,50)39-35-13-7-5-11-32(35)20-22-42-39/h4-22,37H,23-27H2,1-3H3/t37-/m0/s1. The van der Waals surface area contributed by atoms with E-state index in [2.05, 4.69) is 40.8 Å². The van der Waals surface area contributed by atoms with Crippen LogP contribution in [-0.4, -0.2) is 81.2 Å². The fourth-order valence-electron chi connectivity index (χ4n) is 6.79. The van der Waals surface area contributed by atoms with Crippen LogP contribution >= 0.6 is 0 Å². The van der Waals surface area contributed by atoms with Gasteiger partial charge in [-0.2, -0.15) is 12.7 Å². The number of hydrogen-bond donors (Lipinski definition) is 0. The molecule has 4 aromatic carbocycles. The Morgan fingerprint density at radius 3 is 1.96 bits per heavy atom. The van der Waals surface area contributed by atoms with Gasteiger partial charge in [0.25, 0.3) is 10.0 Å². The van der Waals surface area contributed by atoms with Gasteiger partial charge in [-0.25, -0.2) is 18.4 Å². The third-order valence-corrected chi connectivity index (χ3v) is 13.0. The smallest absolute Gasteiger partial charge is 0.357 e. The highest BCUT2D eigenvalue weighted by atomic mass is 32.2. The Bertz CT molecular complexity index is 2530. The maximum Gasteiger partial charge on any atom is 0.357 e. The first-order chi connectivity index (χ1) is 25.4. The summed E-state index contributed by atoms with van der Waals surface area (Å²) in [5, 5.41) is 1.99. The third kappa shape index (κ3) is 7.19. The molecule has 0 bridgehead atoms. The van der Waals surface area contributed by atoms with E-state index in [-0.39, 0.29) is 28.1 Å². The Labute approximate surface area is 309 Å². The molecule has 7 rings (SSSR count). The highest BCUT2D eigenvalue weighted by Crippen LogP contribution is 2.29. The molecule has 0 saturated carbocycles. The summed E-state index contributed by atoms with van der Waals surface area (Å²) in [6.07, 6.45) is 2.89. The molecule has 13 heteroatoms. The van der Waals surface area contributed by atoms with Crippen molar-refractivity contribution in [1.29, 1.82) is 0 Å². The molecular weight excluding hydrogens is 711 g/mol. The zero-order valence-electron chi connectivity index (χ0n) is 29.6. The van der Waals surface area contributed by atoms with E-state index < -0.39 is 26.2 Å². The van der Waals surface area contributed by atoms with Gasteiger partial charge in [0, 0.05) is 62.1 Å². The number of sulfonamides is 1. The first-order valence-corrected chi connectivity index (χ1v) is 20.1. The Morgan fingerprint density at radius 1 is 0.736 bits per heavy atom. The third-order valence-electron chi connectivity index (χ3n) is 9.92. The van der Waals surface area contributed by atoms with Crippen LogP contribution in [0.2, 0.25) is 0 Å². The SMILES string of the molecule is Cc1cccc(N2CCN(C(=O)[C@H](Cc3ccc(OS(=O)(=O)c4nccc5ccccc45)cc3)N(C)S(=O)(=O)c3nccc4ccccc34)CC2)c1C. The second kappa shape index (κ2) is 14.6. The predicted octanol–water partition coefficient (Wildman–Crippen LogP) is 5.75. The molecule has 0 unspecified atom stereocenters. The lowest BCUT2D eigenvalue weighted by molar-refractivity contribution is -0.135. The number of aryl methyl sites for hydroxylation is 1. The predicted molar refractivity (Wildman–Crippen MR) is 205 cm³/mol. The number of carbonyl (C=O) groups is 1. The van der Waals surface area contributed by atoms with E-state index in [4.69, 9.17) is 4.18 Å². The monoisotopic (exact) mass is 749 g/mol. The van der Waals surface area contributed by atoms with E-state index >= 15 is 0 Å². The average molecular weight is 750 g/mol. The number of hydrogen-bond acceptors (Lipinski definition) is 9. The van der Waals surface area contributed by atoms with E-state index in [1.54, 1.807) is 59.5 Å². The molecule has 0 spiro atoms. The number of aromatic nitrogens is 2. The summed E-state index contributed by atoms with van der Waals surface area (Å²) in [5.74, 6) is -0.281. The van der Waals surface area contributed by atoms with E-state index in [0.29, 0.717) is 53.3 Å². The molecule has 1 aliphatic rings. The van der Waals surface area contributed by atoms with E-state index in [0.717, 1.165) is 9.99 Å². The first-order valence-electron chi connectivity index (χ1n) is 17.2. The first kappa shape index (κ1) is 36.0. The number of likely N-dealkylation sites (N-methyl/N-ethyl adjacent to an activating group) is 1. The fraction of sp³-hybridized carbons (Fsp3) is 0.225. The second-order valence-corrected chi connectivity index (χ2v) is 16.5. The van der Waals surface area contributed by atoms with Crippen LogP contribution in [-0.2, 0) is 31.4 Å². The Morgan fingerprint density at radius 2 is 1.32 bits per heavy atom. The summed E-state index contributed by atoms with van der Waals surface area (Å²) in [6.45, 7) is 6.17. The van der Waals surface area contributed by atoms with Gasteiger partial charge in [-0.1, -0.05) is 72.8 Å². The number of piperazine rings is 1. The van der Waals surface area contributed by atoms with Gasteiger partial charge in [-0.05, 0) is 78.1 Å². The number of amides is 1. The molecule has 3 heterocycles. The summed E-state index contributed by atoms with van der Waals surface area (Å²) in [4.78, 5) is 26.8. The minimum Gasteiger partial charge on any atom is -0.378 e. The van der Waals surface area contributed by atoms with Crippen molar-refractivity contribution in [2.45, 2.75) is 36.4 Å². The van der Waals surface area contributed by atoms with Gasteiger partial charge in [0.2, 0.25) is 10.9 Å². The summed E-state index contributed by atoms with van der Waals surface area (Å²) in [6, 6.07) is 28.9. The molecule has 0 radical (unpaired) electrons. The second-order valence-electron chi connectivity index (χ2n) is 13.1. The van der Waals surface area contributed by atoms with Crippen molar-refractivity contribution in [1.82, 2.24) is 19.2 Å². The number of pyridine rings is 2. The normalized spacial score (nSPS) is 14.5. The number of rotatable bonds is 10. The van der Waals surface area contributed by atoms with Gasteiger partial charge in [-0.3, -0.25) is 4.79 Å².